The molecule has 0 bridgehead atoms. The lowest BCUT2D eigenvalue weighted by Gasteiger charge is -2.26. The maximum absolute atomic E-state index is 2.31. The molecule has 0 saturated heterocycles. The molecular formula is C17H29NS. The predicted molar refractivity (Wildman–Crippen MR) is 89.5 cm³/mol. The summed E-state index contributed by atoms with van der Waals surface area (Å²) in [6, 6.07) is 8.57. The van der Waals surface area contributed by atoms with E-state index in [1.54, 1.807) is 0 Å². The first-order chi connectivity index (χ1) is 9.29. The minimum Gasteiger partial charge on any atom is -0.373 e. The lowest BCUT2D eigenvalue weighted by molar-refractivity contribution is 0.624. The largest absolute Gasteiger partial charge is 0.373 e. The van der Waals surface area contributed by atoms with Crippen molar-refractivity contribution in [2.75, 3.05) is 24.2 Å². The molecule has 108 valence electrons. The molecule has 0 unspecified atom stereocenters. The Labute approximate surface area is 123 Å². The first-order valence-corrected chi connectivity index (χ1v) is 8.71. The van der Waals surface area contributed by atoms with Gasteiger partial charge in [-0.3, -0.25) is 0 Å². The van der Waals surface area contributed by atoms with Crippen molar-refractivity contribution >= 4 is 17.4 Å². The molecule has 2 heteroatoms. The van der Waals surface area contributed by atoms with Crippen LogP contribution in [-0.2, 0) is 0 Å². The second-order valence-corrected chi connectivity index (χ2v) is 6.29. The molecule has 0 amide bonds. The van der Waals surface area contributed by atoms with Gasteiger partial charge in [0.05, 0.1) is 5.69 Å². The second kappa shape index (κ2) is 10.2. The van der Waals surface area contributed by atoms with Gasteiger partial charge in [-0.05, 0) is 12.1 Å². The molecule has 1 heterocycles. The molecule has 2 rings (SSSR count). The Kier molecular flexibility index (Phi) is 8.81. The molecule has 1 aromatic carbocycles. The zero-order chi connectivity index (χ0) is 13.9. The Morgan fingerprint density at radius 1 is 1.00 bits per heavy atom. The third-order valence-electron chi connectivity index (χ3n) is 3.42. The van der Waals surface area contributed by atoms with Crippen LogP contribution in [0.3, 0.4) is 0 Å². The highest BCUT2D eigenvalue weighted by molar-refractivity contribution is 7.99. The number of para-hydroxylation sites is 1. The van der Waals surface area contributed by atoms with E-state index >= 15 is 0 Å². The van der Waals surface area contributed by atoms with Gasteiger partial charge in [-0.25, -0.2) is 0 Å². The molecule has 1 nitrogen and oxygen atoms in total. The van der Waals surface area contributed by atoms with Crippen LogP contribution in [0.4, 0.5) is 5.69 Å². The van der Waals surface area contributed by atoms with Crippen LogP contribution in [0.2, 0.25) is 0 Å². The maximum Gasteiger partial charge on any atom is 0.0502 e. The molecule has 19 heavy (non-hydrogen) atoms. The molecule has 0 radical (unpaired) electrons. The summed E-state index contributed by atoms with van der Waals surface area (Å²) in [6.07, 6.45) is 8.49. The third-order valence-corrected chi connectivity index (χ3v) is 4.46. The van der Waals surface area contributed by atoms with E-state index in [9.17, 15) is 0 Å². The van der Waals surface area contributed by atoms with Crippen molar-refractivity contribution in [2.45, 2.75) is 57.3 Å². The highest BCUT2D eigenvalue weighted by Crippen LogP contribution is 2.32. The summed E-state index contributed by atoms with van der Waals surface area (Å²) in [7, 11) is 2.15. The van der Waals surface area contributed by atoms with Crippen LogP contribution in [-0.4, -0.2) is 19.3 Å². The SMILES string of the molecule is CCCCCCCC.CN1CCSc2ccccc21. The van der Waals surface area contributed by atoms with Gasteiger partial charge in [-0.2, -0.15) is 0 Å². The lowest BCUT2D eigenvalue weighted by Crippen LogP contribution is -2.23. The molecule has 0 aromatic heterocycles. The topological polar surface area (TPSA) is 3.24 Å². The van der Waals surface area contributed by atoms with E-state index in [4.69, 9.17) is 0 Å². The molecule has 0 saturated carbocycles. The Balaban J connectivity index is 0.000000203. The number of fused-ring (bicyclic) bond motifs is 1. The quantitative estimate of drug-likeness (QED) is 0.646. The average Bonchev–Trinajstić information content (AvgIpc) is 2.45. The van der Waals surface area contributed by atoms with Crippen LogP contribution in [0, 0.1) is 0 Å². The van der Waals surface area contributed by atoms with Crippen molar-refractivity contribution in [1.82, 2.24) is 0 Å². The monoisotopic (exact) mass is 279 g/mol. The summed E-state index contributed by atoms with van der Waals surface area (Å²) >= 11 is 1.95. The molecule has 0 spiro atoms. The van der Waals surface area contributed by atoms with E-state index in [1.807, 2.05) is 11.8 Å². The van der Waals surface area contributed by atoms with E-state index in [0.717, 1.165) is 0 Å². The Hall–Kier alpha value is -0.630. The number of thioether (sulfide) groups is 1. The summed E-state index contributed by atoms with van der Waals surface area (Å²) in [5.74, 6) is 1.22. The highest BCUT2D eigenvalue weighted by Gasteiger charge is 2.11. The van der Waals surface area contributed by atoms with Crippen LogP contribution in [0.25, 0.3) is 0 Å². The molecular weight excluding hydrogens is 250 g/mol. The number of benzene rings is 1. The van der Waals surface area contributed by atoms with E-state index in [2.05, 4.69) is 50.1 Å². The van der Waals surface area contributed by atoms with Crippen molar-refractivity contribution in [3.8, 4) is 0 Å². The van der Waals surface area contributed by atoms with Crippen LogP contribution in [0.1, 0.15) is 52.4 Å². The zero-order valence-corrected chi connectivity index (χ0v) is 13.6. The molecule has 0 atom stereocenters. The fourth-order valence-corrected chi connectivity index (χ4v) is 3.29. The predicted octanol–water partition coefficient (Wildman–Crippen LogP) is 5.60. The van der Waals surface area contributed by atoms with E-state index < -0.39 is 0 Å². The van der Waals surface area contributed by atoms with Gasteiger partial charge in [0.25, 0.3) is 0 Å². The van der Waals surface area contributed by atoms with Crippen molar-refractivity contribution < 1.29 is 0 Å². The number of hydrogen-bond acceptors (Lipinski definition) is 2. The molecule has 0 fully saturated rings. The number of anilines is 1. The highest BCUT2D eigenvalue weighted by atomic mass is 32.2. The lowest BCUT2D eigenvalue weighted by atomic mass is 10.1. The van der Waals surface area contributed by atoms with Crippen molar-refractivity contribution in [1.29, 1.82) is 0 Å². The number of unbranched alkanes of at least 4 members (excludes halogenated alkanes) is 5. The summed E-state index contributed by atoms with van der Waals surface area (Å²) in [4.78, 5) is 3.73. The number of nitrogens with zero attached hydrogens (tertiary/aromatic N) is 1. The third kappa shape index (κ3) is 6.38. The van der Waals surface area contributed by atoms with Crippen molar-refractivity contribution in [2.24, 2.45) is 0 Å². The standard InChI is InChI=1S/C9H11NS.C8H18/c1-10-6-7-11-9-5-3-2-4-8(9)10;1-3-5-7-8-6-4-2/h2-5H,6-7H2,1H3;3-8H2,1-2H3. The van der Waals surface area contributed by atoms with Crippen LogP contribution >= 0.6 is 11.8 Å². The van der Waals surface area contributed by atoms with E-state index in [-0.39, 0.29) is 0 Å². The first-order valence-electron chi connectivity index (χ1n) is 7.72. The number of hydrogen-bond donors (Lipinski definition) is 0. The maximum atomic E-state index is 2.31. The number of rotatable bonds is 5. The smallest absolute Gasteiger partial charge is 0.0502 e. The van der Waals surface area contributed by atoms with Crippen LogP contribution in [0.5, 0.6) is 0 Å². The Morgan fingerprint density at radius 2 is 1.63 bits per heavy atom. The van der Waals surface area contributed by atoms with E-state index in [0.29, 0.717) is 0 Å². The molecule has 1 aromatic rings. The van der Waals surface area contributed by atoms with Gasteiger partial charge in [-0.1, -0.05) is 64.5 Å². The second-order valence-electron chi connectivity index (χ2n) is 5.15. The van der Waals surface area contributed by atoms with Gasteiger partial charge in [0.2, 0.25) is 0 Å². The molecule has 1 aliphatic rings. The normalized spacial score (nSPS) is 13.5. The van der Waals surface area contributed by atoms with E-state index in [1.165, 1.54) is 61.4 Å². The van der Waals surface area contributed by atoms with Gasteiger partial charge < -0.3 is 4.90 Å². The van der Waals surface area contributed by atoms with Gasteiger partial charge in [0, 0.05) is 24.2 Å². The molecule has 1 aliphatic heterocycles. The molecule has 0 N–H and O–H groups in total. The van der Waals surface area contributed by atoms with Gasteiger partial charge in [0.15, 0.2) is 0 Å². The minimum absolute atomic E-state index is 1.17. The molecule has 0 aliphatic carbocycles. The summed E-state index contributed by atoms with van der Waals surface area (Å²) in [5.41, 5.74) is 1.38. The Bertz CT molecular complexity index is 332. The average molecular weight is 279 g/mol. The van der Waals surface area contributed by atoms with Crippen LogP contribution < -0.4 is 4.90 Å². The summed E-state index contributed by atoms with van der Waals surface area (Å²) in [6.45, 7) is 5.68. The zero-order valence-electron chi connectivity index (χ0n) is 12.8. The van der Waals surface area contributed by atoms with Gasteiger partial charge in [-0.15, -0.1) is 11.8 Å². The van der Waals surface area contributed by atoms with Gasteiger partial charge in [0.1, 0.15) is 0 Å². The van der Waals surface area contributed by atoms with Crippen LogP contribution in [0.15, 0.2) is 29.2 Å². The summed E-state index contributed by atoms with van der Waals surface area (Å²) in [5, 5.41) is 0. The van der Waals surface area contributed by atoms with Crippen molar-refractivity contribution in [3.05, 3.63) is 24.3 Å². The van der Waals surface area contributed by atoms with Crippen molar-refractivity contribution in [3.63, 3.8) is 0 Å². The Morgan fingerprint density at radius 3 is 2.21 bits per heavy atom. The first kappa shape index (κ1) is 16.4. The van der Waals surface area contributed by atoms with Gasteiger partial charge >= 0.3 is 0 Å². The fourth-order valence-electron chi connectivity index (χ4n) is 2.16. The minimum atomic E-state index is 1.17. The summed E-state index contributed by atoms with van der Waals surface area (Å²) < 4.78 is 0. The fraction of sp³-hybridized carbons (Fsp3) is 0.647.